The minimum Gasteiger partial charge on any atom is -1.00 e. The fourth-order valence-corrected chi connectivity index (χ4v) is 11.5. The van der Waals surface area contributed by atoms with Gasteiger partial charge in [-0.1, -0.05) is 326 Å². The molecule has 13 rings (SSSR count). The summed E-state index contributed by atoms with van der Waals surface area (Å²) in [6.45, 7) is 32.9. The van der Waals surface area contributed by atoms with Crippen LogP contribution in [-0.2, 0) is 54.5 Å². The maximum Gasteiger partial charge on any atom is 1.00 e. The van der Waals surface area contributed by atoms with E-state index in [0.29, 0.717) is 29.8 Å². The molecule has 20 heteroatoms. The molecule has 9 aromatic rings. The smallest absolute Gasteiger partial charge is 1.00 e. The molecule has 4 aliphatic rings. The van der Waals surface area contributed by atoms with Crippen molar-refractivity contribution in [2.45, 2.75) is 166 Å². The number of likely N-dealkylation sites (tertiary alicyclic amines) is 3. The molecular formula is C97H141BBrK2N7NaO8. The van der Waals surface area contributed by atoms with Gasteiger partial charge in [0.25, 0.3) is 6.47 Å². The van der Waals surface area contributed by atoms with Crippen LogP contribution >= 0.6 is 15.9 Å². The number of rotatable bonds is 15. The van der Waals surface area contributed by atoms with Crippen LogP contribution in [0.4, 0.5) is 17.1 Å². The number of benzene rings is 9. The van der Waals surface area contributed by atoms with Crippen molar-refractivity contribution in [3.8, 4) is 0 Å². The number of amides is 1. The van der Waals surface area contributed by atoms with E-state index in [1.807, 2.05) is 201 Å². The van der Waals surface area contributed by atoms with Crippen molar-refractivity contribution in [1.29, 1.82) is 0 Å². The molecule has 117 heavy (non-hydrogen) atoms. The topological polar surface area (TPSA) is 215 Å². The Kier molecular flexibility index (Phi) is 94.9. The summed E-state index contributed by atoms with van der Waals surface area (Å²) in [6.07, 6.45) is 11.5. The van der Waals surface area contributed by atoms with Crippen molar-refractivity contribution in [3.63, 3.8) is 0 Å². The number of carbonyl (C=O) groups excluding carboxylic acids is 5. The van der Waals surface area contributed by atoms with Gasteiger partial charge in [0.05, 0.1) is 0 Å². The van der Waals surface area contributed by atoms with Crippen molar-refractivity contribution in [2.24, 2.45) is 0 Å². The molecule has 1 amide bonds. The molecule has 0 spiro atoms. The first-order valence-electron chi connectivity index (χ1n) is 40.6. The van der Waals surface area contributed by atoms with Crippen LogP contribution in [0.1, 0.15) is 156 Å². The van der Waals surface area contributed by atoms with Gasteiger partial charge in [0, 0.05) is 161 Å². The SMILES string of the molecule is BrCCc1ccccc1.CC.CC.CC.CC.CCC(=O)N(c1ccccc1)C1CCN(CCc2ccccc2)CC1.CO.Cc1ccccc1.Cc1ccccc1.Nc1ccccc1.Nc1ccccc1.O=C1CCN(CCc2ccccc2)CC1.O=C1CCN(CCc2ccccc2)CC1.O=C1CCNCC1.O=CO[O-].[B].[H-].[H-].[K+].[K+].[Na+]. The van der Waals surface area contributed by atoms with Gasteiger partial charge < -0.3 is 54.5 Å². The molecular weight excluding hydrogens is 1580 g/mol. The number of ketones is 3. The summed E-state index contributed by atoms with van der Waals surface area (Å²) in [7, 11) is 1.00. The molecule has 3 radical (unpaired) electrons. The van der Waals surface area contributed by atoms with Gasteiger partial charge in [0.1, 0.15) is 17.3 Å². The van der Waals surface area contributed by atoms with E-state index < -0.39 is 0 Å². The predicted octanol–water partition coefficient (Wildman–Crippen LogP) is 10.0. The van der Waals surface area contributed by atoms with Crippen molar-refractivity contribution < 1.29 is 174 Å². The monoisotopic (exact) mass is 1720 g/mol. The maximum atomic E-state index is 12.5. The summed E-state index contributed by atoms with van der Waals surface area (Å²) < 4.78 is 0. The molecule has 15 nitrogen and oxygen atoms in total. The summed E-state index contributed by atoms with van der Waals surface area (Å²) in [5, 5.41) is 19.6. The molecule has 0 atom stereocenters. The molecule has 0 saturated carbocycles. The zero-order chi connectivity index (χ0) is 84.0. The number of para-hydroxylation sites is 3. The van der Waals surface area contributed by atoms with Gasteiger partial charge in [0.15, 0.2) is 0 Å². The quantitative estimate of drug-likeness (QED) is 0.0188. The molecule has 625 valence electrons. The number of nitrogens with one attached hydrogen (secondary N) is 1. The number of nitrogen functional groups attached to an aromatic ring is 2. The summed E-state index contributed by atoms with van der Waals surface area (Å²) >= 11 is 3.39. The number of hydrogen-bond donors (Lipinski definition) is 4. The zero-order valence-electron chi connectivity index (χ0n) is 76.0. The molecule has 9 aromatic carbocycles. The second-order valence-corrected chi connectivity index (χ2v) is 25.8. The number of halogens is 1. The fourth-order valence-electron chi connectivity index (χ4n) is 11.0. The average molecular weight is 1730 g/mol. The Morgan fingerprint density at radius 2 is 0.692 bits per heavy atom. The molecule has 0 aromatic heterocycles. The first kappa shape index (κ1) is 123. The summed E-state index contributed by atoms with van der Waals surface area (Å²) in [4.78, 5) is 65.6. The molecule has 0 aliphatic carbocycles. The fraction of sp³-hybridized carbons (Fsp3) is 0.392. The van der Waals surface area contributed by atoms with Crippen LogP contribution in [0.3, 0.4) is 0 Å². The standard InChI is InChI=1S/C22H28N2O.2C13H17NO.C8H9Br.2C7H8.2C6H7N.C5H9NO.4C2H6.CH2O3.CH4O.B.2K.Na.2H/c1-2-22(25)24(20-11-7-4-8-12-20)21-14-17-23(18-15-21)16-13-19-9-5-3-6-10-19;2*15-13-7-10-14(11-8-13)9-6-12-4-2-1-3-5-12;9-7-6-8-4-2-1-3-5-8;2*1-7-5-3-2-4-6-7;2*7-6-4-2-1-3-5-6;7-5-1-3-6-4-2-5;4*1-2;2-1-4-3;1-2;;;;;;/h3-12,21H,2,13-18H2,1H3;2*1-5H,6-11H2;1-5H,6-7H2;2*2-6H,1H3;2*1-5H,7H2;6H,1-4H2;4*1-2H3;1,3H;2H,1H3;;;;;;/q;;;;;;;;;;;;;;;;3*+1;2*-1/p-1. The average Bonchev–Trinajstić information content (AvgIpc) is 0.823. The third-order valence-electron chi connectivity index (χ3n) is 16.9. The van der Waals surface area contributed by atoms with Crippen LogP contribution in [-0.4, -0.2) is 148 Å². The molecule has 4 fully saturated rings. The van der Waals surface area contributed by atoms with Gasteiger partial charge >= 0.3 is 132 Å². The van der Waals surface area contributed by atoms with E-state index in [2.05, 4.69) is 194 Å². The Balaban J connectivity index is -0.000000196. The maximum absolute atomic E-state index is 12.5. The second kappa shape index (κ2) is 90.3. The number of nitrogens with two attached hydrogens (primary N) is 2. The number of anilines is 3. The molecule has 4 heterocycles. The number of Topliss-reactive ketones (excluding diaryl/α,β-unsaturated/α-hetero) is 3. The van der Waals surface area contributed by atoms with Crippen molar-refractivity contribution in [2.75, 3.05) is 101 Å². The number of aliphatic hydroxyl groups excluding tert-OH is 1. The Labute approximate surface area is 828 Å². The largest absolute Gasteiger partial charge is 1.00 e. The van der Waals surface area contributed by atoms with E-state index in [-0.39, 0.29) is 156 Å². The first-order chi connectivity index (χ1) is 55.3. The van der Waals surface area contributed by atoms with E-state index in [4.69, 9.17) is 26.6 Å². The number of hydrogen-bond acceptors (Lipinski definition) is 14. The van der Waals surface area contributed by atoms with Crippen molar-refractivity contribution >= 4 is 71.1 Å². The van der Waals surface area contributed by atoms with Crippen LogP contribution in [0, 0.1) is 13.8 Å². The van der Waals surface area contributed by atoms with Gasteiger partial charge in [-0.2, -0.15) is 0 Å². The Bertz CT molecular complexity index is 3360. The van der Waals surface area contributed by atoms with Gasteiger partial charge in [-0.3, -0.25) is 24.0 Å². The summed E-state index contributed by atoms with van der Waals surface area (Å²) in [6, 6.07) is 92.1. The van der Waals surface area contributed by atoms with Gasteiger partial charge in [-0.15, -0.1) is 0 Å². The van der Waals surface area contributed by atoms with Crippen LogP contribution in [0.15, 0.2) is 273 Å². The van der Waals surface area contributed by atoms with Crippen molar-refractivity contribution in [3.05, 3.63) is 306 Å². The molecule has 4 saturated heterocycles. The molecule has 0 unspecified atom stereocenters. The number of aliphatic hydroxyl groups is 1. The number of aryl methyl sites for hydroxylation is 3. The normalized spacial score (nSPS) is 12.6. The third kappa shape index (κ3) is 69.3. The number of alkyl halides is 1. The number of piperidine rings is 4. The van der Waals surface area contributed by atoms with Crippen LogP contribution in [0.2, 0.25) is 0 Å². The van der Waals surface area contributed by atoms with Gasteiger partial charge in [0.2, 0.25) is 5.91 Å². The van der Waals surface area contributed by atoms with Crippen molar-refractivity contribution in [1.82, 2.24) is 20.0 Å². The third-order valence-corrected chi connectivity index (χ3v) is 17.3. The molecule has 6 N–H and O–H groups in total. The Morgan fingerprint density at radius 3 is 0.906 bits per heavy atom. The van der Waals surface area contributed by atoms with Gasteiger partial charge in [-0.05, 0) is 111 Å². The summed E-state index contributed by atoms with van der Waals surface area (Å²) in [5.41, 5.74) is 21.6. The Hall–Kier alpha value is -4.89. The summed E-state index contributed by atoms with van der Waals surface area (Å²) in [5.74, 6) is 1.48. The molecule has 4 aliphatic heterocycles. The zero-order valence-corrected chi connectivity index (χ0v) is 83.8. The Morgan fingerprint density at radius 1 is 0.453 bits per heavy atom. The van der Waals surface area contributed by atoms with E-state index in [0.717, 1.165) is 179 Å². The second-order valence-electron chi connectivity index (χ2n) is 25.0. The van der Waals surface area contributed by atoms with Crippen LogP contribution in [0.5, 0.6) is 0 Å². The van der Waals surface area contributed by atoms with Crippen LogP contribution < -0.4 is 159 Å². The predicted molar refractivity (Wildman–Crippen MR) is 489 cm³/mol. The minimum absolute atomic E-state index is 0. The van der Waals surface area contributed by atoms with Crippen LogP contribution in [0.25, 0.3) is 0 Å². The van der Waals surface area contributed by atoms with Gasteiger partial charge in [-0.25, -0.2) is 0 Å². The number of nitrogens with zero attached hydrogens (tertiary/aromatic N) is 4. The van der Waals surface area contributed by atoms with E-state index in [9.17, 15) is 19.2 Å². The minimum atomic E-state index is -0.181. The van der Waals surface area contributed by atoms with E-state index in [1.165, 1.54) is 33.4 Å². The first-order valence-corrected chi connectivity index (χ1v) is 41.7. The van der Waals surface area contributed by atoms with E-state index >= 15 is 0 Å². The number of carbonyl (C=O) groups is 5. The molecule has 0 bridgehead atoms. The van der Waals surface area contributed by atoms with E-state index in [1.54, 1.807) is 0 Å².